The fourth-order valence-electron chi connectivity index (χ4n) is 2.87. The summed E-state index contributed by atoms with van der Waals surface area (Å²) in [6, 6.07) is 3.74. The molecule has 1 saturated heterocycles. The van der Waals surface area contributed by atoms with Gasteiger partial charge in [-0.3, -0.25) is 9.58 Å². The molecular weight excluding hydrogens is 202 g/mol. The summed E-state index contributed by atoms with van der Waals surface area (Å²) in [7, 11) is 0. The summed E-state index contributed by atoms with van der Waals surface area (Å²) in [5.41, 5.74) is 0.211. The van der Waals surface area contributed by atoms with E-state index < -0.39 is 0 Å². The van der Waals surface area contributed by atoms with E-state index in [4.69, 9.17) is 4.74 Å². The summed E-state index contributed by atoms with van der Waals surface area (Å²) in [4.78, 5) is 2.55. The second kappa shape index (κ2) is 3.86. The molecule has 2 heterocycles. The Balaban J connectivity index is 1.61. The molecule has 1 aromatic rings. The van der Waals surface area contributed by atoms with E-state index in [2.05, 4.69) is 27.7 Å². The van der Waals surface area contributed by atoms with Crippen LogP contribution in [0.15, 0.2) is 12.4 Å². The van der Waals surface area contributed by atoms with Crippen molar-refractivity contribution >= 4 is 0 Å². The number of hydrogen-bond donors (Lipinski definition) is 0. The lowest BCUT2D eigenvalue weighted by atomic mass is 9.73. The van der Waals surface area contributed by atoms with Crippen LogP contribution in [0.3, 0.4) is 0 Å². The number of morpholine rings is 1. The van der Waals surface area contributed by atoms with Crippen molar-refractivity contribution in [2.24, 2.45) is 0 Å². The fourth-order valence-corrected chi connectivity index (χ4v) is 2.87. The highest BCUT2D eigenvalue weighted by molar-refractivity contribution is 5.01. The number of ether oxygens (including phenoxy) is 1. The van der Waals surface area contributed by atoms with Crippen LogP contribution in [0.4, 0.5) is 0 Å². The number of aromatic nitrogens is 2. The first kappa shape index (κ1) is 10.3. The maximum absolute atomic E-state index is 5.38. The van der Waals surface area contributed by atoms with Crippen LogP contribution < -0.4 is 0 Å². The Morgan fingerprint density at radius 2 is 2.12 bits per heavy atom. The van der Waals surface area contributed by atoms with Crippen LogP contribution in [0.2, 0.25) is 0 Å². The maximum Gasteiger partial charge on any atom is 0.0629 e. The van der Waals surface area contributed by atoms with Gasteiger partial charge in [-0.1, -0.05) is 0 Å². The topological polar surface area (TPSA) is 30.3 Å². The van der Waals surface area contributed by atoms with Crippen molar-refractivity contribution in [2.75, 3.05) is 26.3 Å². The highest BCUT2D eigenvalue weighted by Crippen LogP contribution is 2.41. The van der Waals surface area contributed by atoms with Crippen molar-refractivity contribution < 1.29 is 4.74 Å². The zero-order valence-electron chi connectivity index (χ0n) is 9.72. The number of hydrogen-bond acceptors (Lipinski definition) is 3. The van der Waals surface area contributed by atoms with E-state index in [1.54, 1.807) is 6.20 Å². The van der Waals surface area contributed by atoms with E-state index in [0.717, 1.165) is 32.3 Å². The van der Waals surface area contributed by atoms with Crippen LogP contribution in [0, 0.1) is 6.07 Å². The molecule has 0 bridgehead atoms. The highest BCUT2D eigenvalue weighted by Gasteiger charge is 2.44. The molecule has 87 valence electrons. The molecular formula is C12H18N3O. The van der Waals surface area contributed by atoms with Gasteiger partial charge in [-0.05, 0) is 19.8 Å². The predicted octanol–water partition coefficient (Wildman–Crippen LogP) is 0.893. The van der Waals surface area contributed by atoms with Crippen LogP contribution in [-0.2, 0) is 10.3 Å². The van der Waals surface area contributed by atoms with Crippen molar-refractivity contribution in [3.63, 3.8) is 0 Å². The molecule has 0 atom stereocenters. The van der Waals surface area contributed by atoms with E-state index in [-0.39, 0.29) is 5.54 Å². The molecule has 1 saturated carbocycles. The molecule has 0 amide bonds. The van der Waals surface area contributed by atoms with Gasteiger partial charge in [-0.25, -0.2) is 0 Å². The Labute approximate surface area is 96.2 Å². The second-order valence-electron chi connectivity index (χ2n) is 5.09. The third-order valence-electron chi connectivity index (χ3n) is 3.92. The van der Waals surface area contributed by atoms with Gasteiger partial charge in [0.2, 0.25) is 0 Å². The average Bonchev–Trinajstić information content (AvgIpc) is 2.80. The Bertz CT molecular complexity index is 337. The van der Waals surface area contributed by atoms with Gasteiger partial charge >= 0.3 is 0 Å². The SMILES string of the molecule is CC1(n2c[c]cn2)CC(N2CCOCC2)C1. The van der Waals surface area contributed by atoms with Crippen molar-refractivity contribution in [3.05, 3.63) is 18.5 Å². The molecule has 4 nitrogen and oxygen atoms in total. The average molecular weight is 220 g/mol. The van der Waals surface area contributed by atoms with Crippen molar-refractivity contribution in [1.82, 2.24) is 14.7 Å². The molecule has 1 aliphatic heterocycles. The van der Waals surface area contributed by atoms with E-state index in [9.17, 15) is 0 Å². The van der Waals surface area contributed by atoms with Crippen LogP contribution >= 0.6 is 0 Å². The molecule has 1 aliphatic carbocycles. The number of nitrogens with zero attached hydrogens (tertiary/aromatic N) is 3. The second-order valence-corrected chi connectivity index (χ2v) is 5.09. The molecule has 0 aromatic carbocycles. The molecule has 3 rings (SSSR count). The van der Waals surface area contributed by atoms with E-state index in [1.165, 1.54) is 12.8 Å². The molecule has 0 N–H and O–H groups in total. The summed E-state index contributed by atoms with van der Waals surface area (Å²) in [6.45, 7) is 6.24. The van der Waals surface area contributed by atoms with Crippen molar-refractivity contribution in [2.45, 2.75) is 31.3 Å². The van der Waals surface area contributed by atoms with Gasteiger partial charge in [-0.2, -0.15) is 5.10 Å². The Morgan fingerprint density at radius 3 is 2.75 bits per heavy atom. The normalized spacial score (nSPS) is 35.9. The summed E-state index contributed by atoms with van der Waals surface area (Å²) in [5.74, 6) is 0. The molecule has 1 radical (unpaired) electrons. The van der Waals surface area contributed by atoms with Gasteiger partial charge < -0.3 is 4.74 Å². The first-order valence-corrected chi connectivity index (χ1v) is 6.01. The summed E-state index contributed by atoms with van der Waals surface area (Å²) in [6.07, 6.45) is 6.09. The molecule has 2 fully saturated rings. The first-order valence-electron chi connectivity index (χ1n) is 6.01. The molecule has 16 heavy (non-hydrogen) atoms. The van der Waals surface area contributed by atoms with Crippen LogP contribution in [0.1, 0.15) is 19.8 Å². The highest BCUT2D eigenvalue weighted by atomic mass is 16.5. The molecule has 0 unspecified atom stereocenters. The standard InChI is InChI=1S/C12H18N3O/c1-12(15-4-2-3-13-15)9-11(10-12)14-5-7-16-8-6-14/h3-4,11H,5-10H2,1H3. The smallest absolute Gasteiger partial charge is 0.0629 e. The lowest BCUT2D eigenvalue weighted by Gasteiger charge is -2.50. The minimum Gasteiger partial charge on any atom is -0.379 e. The molecule has 1 aromatic heterocycles. The quantitative estimate of drug-likeness (QED) is 0.741. The summed E-state index contributed by atoms with van der Waals surface area (Å²) >= 11 is 0. The number of rotatable bonds is 2. The van der Waals surface area contributed by atoms with E-state index in [0.29, 0.717) is 0 Å². The maximum atomic E-state index is 5.38. The monoisotopic (exact) mass is 220 g/mol. The summed E-state index contributed by atoms with van der Waals surface area (Å²) in [5, 5.41) is 4.31. The third kappa shape index (κ3) is 1.66. The van der Waals surface area contributed by atoms with E-state index in [1.807, 2.05) is 6.20 Å². The molecule has 2 aliphatic rings. The lowest BCUT2D eigenvalue weighted by Crippen LogP contribution is -2.57. The minimum absolute atomic E-state index is 0.211. The molecule has 0 spiro atoms. The van der Waals surface area contributed by atoms with Crippen molar-refractivity contribution in [1.29, 1.82) is 0 Å². The molecule has 4 heteroatoms. The van der Waals surface area contributed by atoms with Gasteiger partial charge in [-0.15, -0.1) is 0 Å². The van der Waals surface area contributed by atoms with Crippen LogP contribution in [-0.4, -0.2) is 47.0 Å². The largest absolute Gasteiger partial charge is 0.379 e. The zero-order chi connectivity index (χ0) is 11.0. The fraction of sp³-hybridized carbons (Fsp3) is 0.750. The lowest BCUT2D eigenvalue weighted by molar-refractivity contribution is -0.0428. The van der Waals surface area contributed by atoms with Gasteiger partial charge in [0.15, 0.2) is 0 Å². The zero-order valence-corrected chi connectivity index (χ0v) is 9.72. The van der Waals surface area contributed by atoms with Gasteiger partial charge in [0.25, 0.3) is 0 Å². The van der Waals surface area contributed by atoms with Gasteiger partial charge in [0.05, 0.1) is 24.9 Å². The Kier molecular flexibility index (Phi) is 2.48. The minimum atomic E-state index is 0.211. The first-order chi connectivity index (χ1) is 7.78. The third-order valence-corrected chi connectivity index (χ3v) is 3.92. The van der Waals surface area contributed by atoms with Crippen LogP contribution in [0.25, 0.3) is 0 Å². The predicted molar refractivity (Wildman–Crippen MR) is 60.1 cm³/mol. The van der Waals surface area contributed by atoms with Gasteiger partial charge in [0.1, 0.15) is 0 Å². The summed E-state index contributed by atoms with van der Waals surface area (Å²) < 4.78 is 7.44. The van der Waals surface area contributed by atoms with Crippen molar-refractivity contribution in [3.8, 4) is 0 Å². The Morgan fingerprint density at radius 1 is 1.38 bits per heavy atom. The van der Waals surface area contributed by atoms with Gasteiger partial charge in [0, 0.05) is 31.4 Å². The van der Waals surface area contributed by atoms with E-state index >= 15 is 0 Å². The Hall–Kier alpha value is -0.870. The van der Waals surface area contributed by atoms with Crippen LogP contribution in [0.5, 0.6) is 0 Å².